The van der Waals surface area contributed by atoms with Gasteiger partial charge >= 0.3 is 6.09 Å². The Kier molecular flexibility index (Phi) is 16.4. The third kappa shape index (κ3) is 12.5. The van der Waals surface area contributed by atoms with Crippen LogP contribution in [0.15, 0.2) is 28.5 Å². The molecule has 0 saturated carbocycles. The molecule has 6 heteroatoms. The standard InChI is InChI=1S/C19H28BrN3O2.2C2H6/c1-7-9-10-14(20)17(13(3)8-2)15-11-16(22-12-21-15)23-18(24)25-19(4,5)6;2*1-2/h10-12H,7-9H2,1-6H3,(H,21,22,23,24);2*1-2H3/b14-10+,17-13+;;. The fraction of sp³-hybridized carbons (Fsp3) is 0.609. The minimum atomic E-state index is -0.560. The molecule has 0 aliphatic rings. The lowest BCUT2D eigenvalue weighted by atomic mass is 10.0. The first-order valence-electron chi connectivity index (χ1n) is 10.6. The summed E-state index contributed by atoms with van der Waals surface area (Å²) in [5, 5.41) is 2.66. The molecule has 1 N–H and O–H groups in total. The first-order chi connectivity index (χ1) is 13.7. The number of aromatic nitrogens is 2. The lowest BCUT2D eigenvalue weighted by Gasteiger charge is -2.19. The van der Waals surface area contributed by atoms with E-state index in [0.29, 0.717) is 5.82 Å². The maximum Gasteiger partial charge on any atom is 0.413 e. The largest absolute Gasteiger partial charge is 0.444 e. The normalized spacial score (nSPS) is 11.9. The van der Waals surface area contributed by atoms with Crippen LogP contribution < -0.4 is 5.32 Å². The number of allylic oxidation sites excluding steroid dienone is 4. The van der Waals surface area contributed by atoms with Crippen LogP contribution in [0.4, 0.5) is 10.6 Å². The molecular weight excluding hydrogens is 430 g/mol. The van der Waals surface area contributed by atoms with Gasteiger partial charge in [0.2, 0.25) is 0 Å². The average Bonchev–Trinajstić information content (AvgIpc) is 2.68. The van der Waals surface area contributed by atoms with Gasteiger partial charge in [-0.2, -0.15) is 0 Å². The highest BCUT2D eigenvalue weighted by molar-refractivity contribution is 9.12. The van der Waals surface area contributed by atoms with Crippen LogP contribution in [0.1, 0.15) is 94.2 Å². The van der Waals surface area contributed by atoms with E-state index < -0.39 is 11.7 Å². The number of anilines is 1. The van der Waals surface area contributed by atoms with Gasteiger partial charge in [-0.3, -0.25) is 5.32 Å². The predicted molar refractivity (Wildman–Crippen MR) is 129 cm³/mol. The quantitative estimate of drug-likeness (QED) is 0.426. The summed E-state index contributed by atoms with van der Waals surface area (Å²) in [6.07, 6.45) is 6.03. The molecule has 1 aromatic rings. The summed E-state index contributed by atoms with van der Waals surface area (Å²) in [5.41, 5.74) is 2.45. The van der Waals surface area contributed by atoms with E-state index in [4.69, 9.17) is 4.74 Å². The van der Waals surface area contributed by atoms with Gasteiger partial charge in [-0.25, -0.2) is 14.8 Å². The second-order valence-electron chi connectivity index (χ2n) is 6.76. The number of halogens is 1. The molecule has 0 aromatic carbocycles. The zero-order valence-corrected chi connectivity index (χ0v) is 21.5. The number of carbonyl (C=O) groups excluding carboxylic acids is 1. The molecule has 1 heterocycles. The molecule has 0 bridgehead atoms. The number of ether oxygens (including phenoxy) is 1. The Morgan fingerprint density at radius 1 is 1.17 bits per heavy atom. The summed E-state index contributed by atoms with van der Waals surface area (Å²) in [5.74, 6) is 0.413. The van der Waals surface area contributed by atoms with E-state index in [1.54, 1.807) is 6.07 Å². The van der Waals surface area contributed by atoms with Crippen molar-refractivity contribution in [2.24, 2.45) is 0 Å². The van der Waals surface area contributed by atoms with Crippen molar-refractivity contribution in [3.63, 3.8) is 0 Å². The van der Waals surface area contributed by atoms with Crippen molar-refractivity contribution >= 4 is 33.4 Å². The lowest BCUT2D eigenvalue weighted by Crippen LogP contribution is -2.27. The van der Waals surface area contributed by atoms with Gasteiger partial charge in [-0.15, -0.1) is 0 Å². The van der Waals surface area contributed by atoms with Crippen LogP contribution in [0, 0.1) is 0 Å². The Morgan fingerprint density at radius 3 is 2.24 bits per heavy atom. The minimum absolute atomic E-state index is 0.413. The summed E-state index contributed by atoms with van der Waals surface area (Å²) in [6, 6.07) is 1.76. The highest BCUT2D eigenvalue weighted by Crippen LogP contribution is 2.32. The van der Waals surface area contributed by atoms with Crippen LogP contribution in [-0.4, -0.2) is 21.7 Å². The number of hydrogen-bond acceptors (Lipinski definition) is 4. The lowest BCUT2D eigenvalue weighted by molar-refractivity contribution is 0.0635. The Balaban J connectivity index is 0. The number of amides is 1. The molecule has 5 nitrogen and oxygen atoms in total. The van der Waals surface area contributed by atoms with Crippen LogP contribution in [0.3, 0.4) is 0 Å². The number of hydrogen-bond donors (Lipinski definition) is 1. The molecule has 1 rings (SSSR count). The Labute approximate surface area is 186 Å². The molecule has 0 aliphatic heterocycles. The van der Waals surface area contributed by atoms with E-state index in [9.17, 15) is 4.79 Å². The van der Waals surface area contributed by atoms with Gasteiger partial charge in [-0.05, 0) is 40.5 Å². The smallest absolute Gasteiger partial charge is 0.413 e. The van der Waals surface area contributed by atoms with Crippen LogP contribution in [0.2, 0.25) is 0 Å². The third-order valence-corrected chi connectivity index (χ3v) is 4.08. The Bertz CT molecular complexity index is 662. The Hall–Kier alpha value is -1.69. The zero-order valence-electron chi connectivity index (χ0n) is 19.9. The van der Waals surface area contributed by atoms with Crippen LogP contribution >= 0.6 is 15.9 Å². The van der Waals surface area contributed by atoms with E-state index in [2.05, 4.69) is 58.1 Å². The number of rotatable bonds is 6. The first kappa shape index (κ1) is 29.5. The van der Waals surface area contributed by atoms with Crippen molar-refractivity contribution in [3.8, 4) is 0 Å². The molecule has 0 saturated heterocycles. The minimum Gasteiger partial charge on any atom is -0.444 e. The molecule has 0 spiro atoms. The predicted octanol–water partition coefficient (Wildman–Crippen LogP) is 8.14. The molecule has 29 heavy (non-hydrogen) atoms. The molecule has 166 valence electrons. The van der Waals surface area contributed by atoms with Gasteiger partial charge < -0.3 is 4.74 Å². The average molecular weight is 470 g/mol. The van der Waals surface area contributed by atoms with Gasteiger partial charge in [0.1, 0.15) is 17.7 Å². The van der Waals surface area contributed by atoms with Gasteiger partial charge in [0.15, 0.2) is 0 Å². The number of unbranched alkanes of at least 4 members (excludes halogenated alkanes) is 1. The fourth-order valence-electron chi connectivity index (χ4n) is 2.07. The van der Waals surface area contributed by atoms with Crippen molar-refractivity contribution < 1.29 is 9.53 Å². The third-order valence-electron chi connectivity index (χ3n) is 3.36. The van der Waals surface area contributed by atoms with E-state index in [-0.39, 0.29) is 0 Å². The van der Waals surface area contributed by atoms with Gasteiger partial charge in [0, 0.05) is 16.1 Å². The van der Waals surface area contributed by atoms with Crippen molar-refractivity contribution in [2.75, 3.05) is 5.32 Å². The monoisotopic (exact) mass is 469 g/mol. The molecule has 1 amide bonds. The molecule has 0 unspecified atom stereocenters. The van der Waals surface area contributed by atoms with Crippen molar-refractivity contribution in [1.29, 1.82) is 0 Å². The highest BCUT2D eigenvalue weighted by Gasteiger charge is 2.17. The van der Waals surface area contributed by atoms with Crippen molar-refractivity contribution in [1.82, 2.24) is 9.97 Å². The maximum absolute atomic E-state index is 11.9. The summed E-state index contributed by atoms with van der Waals surface area (Å²) < 4.78 is 6.28. The summed E-state index contributed by atoms with van der Waals surface area (Å²) >= 11 is 3.67. The second kappa shape index (κ2) is 16.1. The Morgan fingerprint density at radius 2 is 1.76 bits per heavy atom. The van der Waals surface area contributed by atoms with E-state index >= 15 is 0 Å². The summed E-state index contributed by atoms with van der Waals surface area (Å²) in [6.45, 7) is 19.8. The zero-order chi connectivity index (χ0) is 23.0. The van der Waals surface area contributed by atoms with Crippen molar-refractivity contribution in [3.05, 3.63) is 34.2 Å². The SMILES string of the molecule is CC.CC.CCC/C=C(Br)\C(=C(\C)CC)c1cc(NC(=O)OC(C)(C)C)ncn1. The molecule has 1 aromatic heterocycles. The summed E-state index contributed by atoms with van der Waals surface area (Å²) in [7, 11) is 0. The number of nitrogens with one attached hydrogen (secondary N) is 1. The van der Waals surface area contributed by atoms with E-state index in [1.165, 1.54) is 11.9 Å². The second-order valence-corrected chi connectivity index (χ2v) is 7.62. The number of nitrogens with zero attached hydrogens (tertiary/aromatic N) is 2. The first-order valence-corrected chi connectivity index (χ1v) is 11.4. The summed E-state index contributed by atoms with van der Waals surface area (Å²) in [4.78, 5) is 20.5. The topological polar surface area (TPSA) is 64.1 Å². The molecule has 0 fully saturated rings. The van der Waals surface area contributed by atoms with Gasteiger partial charge in [0.25, 0.3) is 0 Å². The fourth-order valence-corrected chi connectivity index (χ4v) is 2.84. The molecule has 0 radical (unpaired) electrons. The van der Waals surface area contributed by atoms with E-state index in [1.807, 2.05) is 48.5 Å². The maximum atomic E-state index is 11.9. The van der Waals surface area contributed by atoms with E-state index in [0.717, 1.165) is 35.0 Å². The van der Waals surface area contributed by atoms with Crippen LogP contribution in [0.25, 0.3) is 5.57 Å². The highest BCUT2D eigenvalue weighted by atomic mass is 79.9. The molecule has 0 aliphatic carbocycles. The van der Waals surface area contributed by atoms with Crippen LogP contribution in [-0.2, 0) is 4.74 Å². The van der Waals surface area contributed by atoms with Gasteiger partial charge in [-0.1, -0.05) is 75.5 Å². The molecular formula is C23H40BrN3O2. The number of carbonyl (C=O) groups is 1. The van der Waals surface area contributed by atoms with Crippen molar-refractivity contribution in [2.45, 2.75) is 94.1 Å². The molecule has 0 atom stereocenters. The van der Waals surface area contributed by atoms with Crippen LogP contribution in [0.5, 0.6) is 0 Å². The van der Waals surface area contributed by atoms with Gasteiger partial charge in [0.05, 0.1) is 5.69 Å².